The number of hydrogen-bond acceptors (Lipinski definition) is 3. The van der Waals surface area contributed by atoms with Crippen molar-refractivity contribution in [2.24, 2.45) is 4.99 Å². The van der Waals surface area contributed by atoms with Crippen LogP contribution in [0.2, 0.25) is 0 Å². The standard InChI is InChI=1S/C27H32N4O2.HI/c1-3-28-27(31-16-17-33-25(20-31)24-9-5-4-8-21(24)2)29-18-22-11-13-23(14-12-22)19-30-15-7-6-10-26(30)32;/h4-15,25H,3,16-20H2,1-2H3,(H,28,29);1H. The van der Waals surface area contributed by atoms with Crippen molar-refractivity contribution < 1.29 is 4.74 Å². The van der Waals surface area contributed by atoms with Gasteiger partial charge in [0.2, 0.25) is 0 Å². The largest absolute Gasteiger partial charge is 0.370 e. The Bertz CT molecular complexity index is 1140. The summed E-state index contributed by atoms with van der Waals surface area (Å²) in [5.41, 5.74) is 4.74. The predicted octanol–water partition coefficient (Wildman–Crippen LogP) is 4.36. The molecule has 0 aliphatic carbocycles. The van der Waals surface area contributed by atoms with E-state index in [9.17, 15) is 4.79 Å². The molecular formula is C27H33IN4O2. The third-order valence-electron chi connectivity index (χ3n) is 5.92. The second-order valence-corrected chi connectivity index (χ2v) is 8.32. The molecule has 0 radical (unpaired) electrons. The fraction of sp³-hybridized carbons (Fsp3) is 0.333. The van der Waals surface area contributed by atoms with Crippen LogP contribution in [-0.4, -0.2) is 41.7 Å². The van der Waals surface area contributed by atoms with Crippen LogP contribution in [0.1, 0.15) is 35.3 Å². The SMILES string of the molecule is CCNC(=NCc1ccc(Cn2ccccc2=O)cc1)N1CCOC(c2ccccc2C)C1.I. The number of aromatic nitrogens is 1. The average molecular weight is 572 g/mol. The normalized spacial score (nSPS) is 16.1. The zero-order valence-electron chi connectivity index (χ0n) is 19.8. The molecule has 0 saturated carbocycles. The first kappa shape index (κ1) is 26.0. The molecule has 1 fully saturated rings. The van der Waals surface area contributed by atoms with Gasteiger partial charge in [0.1, 0.15) is 6.10 Å². The van der Waals surface area contributed by atoms with Crippen LogP contribution in [0.5, 0.6) is 0 Å². The van der Waals surface area contributed by atoms with E-state index in [0.29, 0.717) is 19.7 Å². The molecule has 0 bridgehead atoms. The van der Waals surface area contributed by atoms with Crippen LogP contribution in [0.15, 0.2) is 82.7 Å². The predicted molar refractivity (Wildman–Crippen MR) is 148 cm³/mol. The van der Waals surface area contributed by atoms with Crippen LogP contribution in [0.3, 0.4) is 0 Å². The maximum atomic E-state index is 11.9. The first-order valence-electron chi connectivity index (χ1n) is 11.6. The van der Waals surface area contributed by atoms with Crippen molar-refractivity contribution in [2.45, 2.75) is 33.0 Å². The monoisotopic (exact) mass is 572 g/mol. The lowest BCUT2D eigenvalue weighted by molar-refractivity contribution is -0.00834. The van der Waals surface area contributed by atoms with Crippen LogP contribution < -0.4 is 10.9 Å². The van der Waals surface area contributed by atoms with Gasteiger partial charge in [-0.2, -0.15) is 0 Å². The van der Waals surface area contributed by atoms with E-state index in [1.54, 1.807) is 16.7 Å². The Hall–Kier alpha value is -2.65. The van der Waals surface area contributed by atoms with Crippen LogP contribution in [-0.2, 0) is 17.8 Å². The Morgan fingerprint density at radius 2 is 1.79 bits per heavy atom. The fourth-order valence-electron chi connectivity index (χ4n) is 4.11. The summed E-state index contributed by atoms with van der Waals surface area (Å²) in [5.74, 6) is 0.916. The molecule has 1 aliphatic heterocycles. The Labute approximate surface area is 218 Å². The van der Waals surface area contributed by atoms with Gasteiger partial charge < -0.3 is 19.5 Å². The van der Waals surface area contributed by atoms with Gasteiger partial charge in [-0.3, -0.25) is 4.79 Å². The van der Waals surface area contributed by atoms with Gasteiger partial charge in [0.15, 0.2) is 5.96 Å². The smallest absolute Gasteiger partial charge is 0.250 e. The van der Waals surface area contributed by atoms with Crippen molar-refractivity contribution >= 4 is 29.9 Å². The number of aryl methyl sites for hydroxylation is 1. The molecule has 180 valence electrons. The van der Waals surface area contributed by atoms with Crippen LogP contribution in [0.25, 0.3) is 0 Å². The highest BCUT2D eigenvalue weighted by atomic mass is 127. The van der Waals surface area contributed by atoms with Gasteiger partial charge in [0.05, 0.1) is 26.2 Å². The van der Waals surface area contributed by atoms with Crippen molar-refractivity contribution in [3.63, 3.8) is 0 Å². The van der Waals surface area contributed by atoms with Gasteiger partial charge in [0.25, 0.3) is 5.56 Å². The van der Waals surface area contributed by atoms with Gasteiger partial charge in [-0.15, -0.1) is 24.0 Å². The van der Waals surface area contributed by atoms with E-state index in [0.717, 1.165) is 36.7 Å². The summed E-state index contributed by atoms with van der Waals surface area (Å²) >= 11 is 0. The summed E-state index contributed by atoms with van der Waals surface area (Å²) in [4.78, 5) is 19.1. The summed E-state index contributed by atoms with van der Waals surface area (Å²) in [6.07, 6.45) is 1.86. The number of pyridine rings is 1. The minimum absolute atomic E-state index is 0. The lowest BCUT2D eigenvalue weighted by Crippen LogP contribution is -2.48. The van der Waals surface area contributed by atoms with Crippen molar-refractivity contribution in [1.82, 2.24) is 14.8 Å². The average Bonchev–Trinajstić information content (AvgIpc) is 2.84. The molecule has 1 aliphatic rings. The molecule has 6 nitrogen and oxygen atoms in total. The van der Waals surface area contributed by atoms with Crippen molar-refractivity contribution in [1.29, 1.82) is 0 Å². The quantitative estimate of drug-likeness (QED) is 0.271. The summed E-state index contributed by atoms with van der Waals surface area (Å²) in [6.45, 7) is 8.48. The van der Waals surface area contributed by atoms with Gasteiger partial charge in [-0.05, 0) is 42.2 Å². The van der Waals surface area contributed by atoms with Crippen LogP contribution >= 0.6 is 24.0 Å². The molecule has 34 heavy (non-hydrogen) atoms. The molecule has 3 aromatic rings. The molecule has 0 amide bonds. The highest BCUT2D eigenvalue weighted by Crippen LogP contribution is 2.25. The number of aliphatic imine (C=N–C) groups is 1. The van der Waals surface area contributed by atoms with E-state index >= 15 is 0 Å². The third kappa shape index (κ3) is 6.70. The topological polar surface area (TPSA) is 58.9 Å². The number of nitrogens with zero attached hydrogens (tertiary/aromatic N) is 3. The molecule has 7 heteroatoms. The Morgan fingerprint density at radius 3 is 2.53 bits per heavy atom. The Kier molecular flexibility index (Phi) is 9.71. The molecule has 2 heterocycles. The first-order chi connectivity index (χ1) is 16.1. The zero-order valence-corrected chi connectivity index (χ0v) is 22.1. The van der Waals surface area contributed by atoms with Crippen molar-refractivity contribution in [2.75, 3.05) is 26.2 Å². The molecule has 1 unspecified atom stereocenters. The van der Waals surface area contributed by atoms with Gasteiger partial charge in [0, 0.05) is 25.4 Å². The van der Waals surface area contributed by atoms with E-state index in [-0.39, 0.29) is 35.6 Å². The lowest BCUT2D eigenvalue weighted by Gasteiger charge is -2.35. The molecule has 4 rings (SSSR count). The highest BCUT2D eigenvalue weighted by molar-refractivity contribution is 14.0. The maximum absolute atomic E-state index is 11.9. The Morgan fingerprint density at radius 1 is 1.06 bits per heavy atom. The minimum Gasteiger partial charge on any atom is -0.370 e. The number of nitrogens with one attached hydrogen (secondary N) is 1. The Balaban J connectivity index is 0.00000324. The summed E-state index contributed by atoms with van der Waals surface area (Å²) in [6, 6.07) is 22.0. The second kappa shape index (κ2) is 12.7. The van der Waals surface area contributed by atoms with Gasteiger partial charge >= 0.3 is 0 Å². The summed E-state index contributed by atoms with van der Waals surface area (Å²) in [7, 11) is 0. The number of morpholine rings is 1. The number of benzene rings is 2. The van der Waals surface area contributed by atoms with E-state index in [1.165, 1.54) is 11.1 Å². The molecule has 1 atom stereocenters. The van der Waals surface area contributed by atoms with E-state index in [2.05, 4.69) is 72.6 Å². The number of ether oxygens (including phenoxy) is 1. The summed E-state index contributed by atoms with van der Waals surface area (Å²) in [5, 5.41) is 3.44. The molecule has 0 spiro atoms. The molecule has 1 N–H and O–H groups in total. The minimum atomic E-state index is 0. The number of guanidine groups is 1. The number of hydrogen-bond donors (Lipinski definition) is 1. The molecule has 1 saturated heterocycles. The fourth-order valence-corrected chi connectivity index (χ4v) is 4.11. The summed E-state index contributed by atoms with van der Waals surface area (Å²) < 4.78 is 7.80. The number of halogens is 1. The van der Waals surface area contributed by atoms with Gasteiger partial charge in [-0.1, -0.05) is 54.6 Å². The van der Waals surface area contributed by atoms with E-state index < -0.39 is 0 Å². The van der Waals surface area contributed by atoms with E-state index in [1.807, 2.05) is 12.3 Å². The maximum Gasteiger partial charge on any atom is 0.250 e. The third-order valence-corrected chi connectivity index (χ3v) is 5.92. The van der Waals surface area contributed by atoms with Crippen LogP contribution in [0, 0.1) is 6.92 Å². The highest BCUT2D eigenvalue weighted by Gasteiger charge is 2.25. The molecular weight excluding hydrogens is 539 g/mol. The zero-order chi connectivity index (χ0) is 23.0. The lowest BCUT2D eigenvalue weighted by atomic mass is 10.0. The van der Waals surface area contributed by atoms with Crippen molar-refractivity contribution in [3.8, 4) is 0 Å². The van der Waals surface area contributed by atoms with Crippen molar-refractivity contribution in [3.05, 3.63) is 106 Å². The van der Waals surface area contributed by atoms with Gasteiger partial charge in [-0.25, -0.2) is 4.99 Å². The first-order valence-corrected chi connectivity index (χ1v) is 11.6. The second-order valence-electron chi connectivity index (χ2n) is 8.32. The molecule has 2 aromatic carbocycles. The van der Waals surface area contributed by atoms with Crippen LogP contribution in [0.4, 0.5) is 0 Å². The number of rotatable bonds is 6. The van der Waals surface area contributed by atoms with E-state index in [4.69, 9.17) is 9.73 Å². The molecule has 1 aromatic heterocycles.